The van der Waals surface area contributed by atoms with Crippen LogP contribution in [0.2, 0.25) is 0 Å². The predicted molar refractivity (Wildman–Crippen MR) is 113 cm³/mol. The molecule has 0 fully saturated rings. The standard InChI is InChI=1S/C26H18O2/c27-23-16-21(18-10-4-1-5-11-18)25-22(19-12-6-2-7-13-19)17-24(28-26(23)25)20-14-8-3-9-15-20/h1-17,27H. The minimum atomic E-state index is 0.156. The smallest absolute Gasteiger partial charge is 0.177 e. The van der Waals surface area contributed by atoms with Gasteiger partial charge in [0.2, 0.25) is 0 Å². The Morgan fingerprint density at radius 2 is 1.00 bits per heavy atom. The topological polar surface area (TPSA) is 33.4 Å². The molecule has 28 heavy (non-hydrogen) atoms. The third kappa shape index (κ3) is 2.76. The largest absolute Gasteiger partial charge is 0.504 e. The molecule has 0 radical (unpaired) electrons. The highest BCUT2D eigenvalue weighted by Crippen LogP contribution is 2.49. The van der Waals surface area contributed by atoms with E-state index in [1.807, 2.05) is 78.9 Å². The number of hydrogen-bond acceptors (Lipinski definition) is 2. The van der Waals surface area contributed by atoms with Gasteiger partial charge in [-0.1, -0.05) is 91.0 Å². The summed E-state index contributed by atoms with van der Waals surface area (Å²) in [5, 5.41) is 10.7. The van der Waals surface area contributed by atoms with E-state index >= 15 is 0 Å². The van der Waals surface area contributed by atoms with E-state index in [1.165, 1.54) is 0 Å². The second-order valence-electron chi connectivity index (χ2n) is 6.77. The van der Waals surface area contributed by atoms with Crippen molar-refractivity contribution in [3.63, 3.8) is 0 Å². The number of fused-ring (bicyclic) bond motifs is 1. The molecule has 0 spiro atoms. The molecule has 0 aromatic heterocycles. The summed E-state index contributed by atoms with van der Waals surface area (Å²) < 4.78 is 6.19. The lowest BCUT2D eigenvalue weighted by Crippen LogP contribution is -1.89. The Labute approximate surface area is 163 Å². The molecular weight excluding hydrogens is 344 g/mol. The van der Waals surface area contributed by atoms with E-state index < -0.39 is 0 Å². The van der Waals surface area contributed by atoms with E-state index in [9.17, 15) is 5.11 Å². The molecule has 3 aromatic carbocycles. The summed E-state index contributed by atoms with van der Waals surface area (Å²) in [6, 6.07) is 34.2. The van der Waals surface area contributed by atoms with Gasteiger partial charge in [0, 0.05) is 11.1 Å². The summed E-state index contributed by atoms with van der Waals surface area (Å²) in [5.41, 5.74) is 6.05. The number of aromatic hydroxyl groups is 1. The first-order chi connectivity index (χ1) is 13.8. The zero-order valence-electron chi connectivity index (χ0n) is 15.2. The molecule has 5 rings (SSSR count). The van der Waals surface area contributed by atoms with Crippen molar-refractivity contribution in [2.24, 2.45) is 0 Å². The highest BCUT2D eigenvalue weighted by molar-refractivity contribution is 5.98. The zero-order chi connectivity index (χ0) is 18.9. The average Bonchev–Trinajstić information content (AvgIpc) is 3.11. The van der Waals surface area contributed by atoms with Crippen LogP contribution in [-0.4, -0.2) is 5.11 Å². The molecule has 2 nitrogen and oxygen atoms in total. The Bertz CT molecular complexity index is 1190. The maximum Gasteiger partial charge on any atom is 0.177 e. The molecule has 0 saturated carbocycles. The van der Waals surface area contributed by atoms with Crippen molar-refractivity contribution in [2.45, 2.75) is 0 Å². The van der Waals surface area contributed by atoms with Crippen molar-refractivity contribution < 1.29 is 9.52 Å². The molecule has 134 valence electrons. The van der Waals surface area contributed by atoms with E-state index in [2.05, 4.69) is 18.2 Å². The third-order valence-electron chi connectivity index (χ3n) is 4.99. The van der Waals surface area contributed by atoms with Gasteiger partial charge in [0.25, 0.3) is 0 Å². The average molecular weight is 362 g/mol. The zero-order valence-corrected chi connectivity index (χ0v) is 15.2. The lowest BCUT2D eigenvalue weighted by Gasteiger charge is -2.14. The molecule has 3 aromatic rings. The minimum Gasteiger partial charge on any atom is -0.504 e. The summed E-state index contributed by atoms with van der Waals surface area (Å²) in [5.74, 6) is 1.40. The van der Waals surface area contributed by atoms with Gasteiger partial charge in [0.05, 0.1) is 0 Å². The lowest BCUT2D eigenvalue weighted by atomic mass is 9.94. The van der Waals surface area contributed by atoms with Crippen LogP contribution in [0.25, 0.3) is 44.9 Å². The Balaban J connectivity index is 1.84. The van der Waals surface area contributed by atoms with Crippen molar-refractivity contribution in [1.82, 2.24) is 0 Å². The molecule has 1 heterocycles. The van der Waals surface area contributed by atoms with Gasteiger partial charge in [-0.3, -0.25) is 0 Å². The van der Waals surface area contributed by atoms with Gasteiger partial charge in [0.15, 0.2) is 11.5 Å². The molecule has 0 unspecified atom stereocenters. The fraction of sp³-hybridized carbons (Fsp3) is 0. The number of rotatable bonds is 3. The predicted octanol–water partition coefficient (Wildman–Crippen LogP) is 7.09. The molecule has 0 atom stereocenters. The van der Waals surface area contributed by atoms with Crippen LogP contribution in [0.1, 0.15) is 0 Å². The van der Waals surface area contributed by atoms with Crippen molar-refractivity contribution >= 4 is 0 Å². The summed E-state index contributed by atoms with van der Waals surface area (Å²) in [4.78, 5) is 0. The Morgan fingerprint density at radius 3 is 1.54 bits per heavy atom. The number of hydrogen-bond donors (Lipinski definition) is 1. The number of benzene rings is 3. The van der Waals surface area contributed by atoms with Crippen molar-refractivity contribution in [2.75, 3.05) is 0 Å². The van der Waals surface area contributed by atoms with Crippen molar-refractivity contribution in [1.29, 1.82) is 0 Å². The van der Waals surface area contributed by atoms with E-state index in [1.54, 1.807) is 6.07 Å². The van der Waals surface area contributed by atoms with Gasteiger partial charge in [-0.25, -0.2) is 0 Å². The molecular formula is C26H18O2. The monoisotopic (exact) mass is 362 g/mol. The SMILES string of the molecule is Oc1cc(-c2ccccc2)c2c(-c3ccccc3)cc(-c3ccccc3)oc1-2. The van der Waals surface area contributed by atoms with E-state index in [0.717, 1.165) is 39.1 Å². The summed E-state index contributed by atoms with van der Waals surface area (Å²) >= 11 is 0. The van der Waals surface area contributed by atoms with Gasteiger partial charge in [-0.05, 0) is 34.4 Å². The van der Waals surface area contributed by atoms with E-state index in [-0.39, 0.29) is 5.75 Å². The van der Waals surface area contributed by atoms with Gasteiger partial charge in [-0.15, -0.1) is 0 Å². The first-order valence-electron chi connectivity index (χ1n) is 9.27. The van der Waals surface area contributed by atoms with Gasteiger partial charge < -0.3 is 9.52 Å². The first kappa shape index (κ1) is 16.4. The highest BCUT2D eigenvalue weighted by atomic mass is 16.4. The molecule has 2 heteroatoms. The lowest BCUT2D eigenvalue weighted by molar-refractivity contribution is 0.453. The maximum absolute atomic E-state index is 10.7. The second kappa shape index (κ2) is 6.75. The highest BCUT2D eigenvalue weighted by Gasteiger charge is 2.25. The van der Waals surface area contributed by atoms with Crippen LogP contribution in [0.5, 0.6) is 5.75 Å². The summed E-state index contributed by atoms with van der Waals surface area (Å²) in [6.45, 7) is 0. The fourth-order valence-electron chi connectivity index (χ4n) is 3.67. The summed E-state index contributed by atoms with van der Waals surface area (Å²) in [6.07, 6.45) is 0. The van der Waals surface area contributed by atoms with Crippen molar-refractivity contribution in [3.05, 3.63) is 103 Å². The molecule has 0 saturated heterocycles. The molecule has 1 aliphatic carbocycles. The normalized spacial score (nSPS) is 11.0. The summed E-state index contributed by atoms with van der Waals surface area (Å²) in [7, 11) is 0. The van der Waals surface area contributed by atoms with Gasteiger partial charge in [-0.2, -0.15) is 0 Å². The van der Waals surface area contributed by atoms with E-state index in [0.29, 0.717) is 5.76 Å². The Morgan fingerprint density at radius 1 is 0.536 bits per heavy atom. The maximum atomic E-state index is 10.7. The van der Waals surface area contributed by atoms with Crippen LogP contribution in [0, 0.1) is 0 Å². The quantitative estimate of drug-likeness (QED) is 0.371. The Hall–Kier alpha value is -3.78. The molecule has 0 amide bonds. The molecule has 0 bridgehead atoms. The van der Waals surface area contributed by atoms with Crippen LogP contribution in [0.3, 0.4) is 0 Å². The molecule has 1 N–H and O–H groups in total. The molecule has 2 aliphatic rings. The Kier molecular flexibility index (Phi) is 3.95. The minimum absolute atomic E-state index is 0.156. The third-order valence-corrected chi connectivity index (χ3v) is 4.99. The van der Waals surface area contributed by atoms with Gasteiger partial charge >= 0.3 is 0 Å². The fourth-order valence-corrected chi connectivity index (χ4v) is 3.67. The van der Waals surface area contributed by atoms with Crippen LogP contribution in [0.4, 0.5) is 0 Å². The molecule has 1 aliphatic heterocycles. The second-order valence-corrected chi connectivity index (χ2v) is 6.77. The van der Waals surface area contributed by atoms with Crippen LogP contribution in [-0.2, 0) is 0 Å². The van der Waals surface area contributed by atoms with Crippen LogP contribution in [0.15, 0.2) is 108 Å². The van der Waals surface area contributed by atoms with E-state index in [4.69, 9.17) is 4.42 Å². The first-order valence-corrected chi connectivity index (χ1v) is 9.27. The van der Waals surface area contributed by atoms with Crippen LogP contribution < -0.4 is 0 Å². The van der Waals surface area contributed by atoms with Gasteiger partial charge in [0.1, 0.15) is 5.76 Å². The van der Waals surface area contributed by atoms with Crippen molar-refractivity contribution in [3.8, 4) is 50.7 Å². The van der Waals surface area contributed by atoms with Crippen LogP contribution >= 0.6 is 0 Å².